The summed E-state index contributed by atoms with van der Waals surface area (Å²) in [6.07, 6.45) is 0. The average Bonchev–Trinajstić information content (AvgIpc) is 2.69. The topological polar surface area (TPSA) is 51.8 Å². The second-order valence-corrected chi connectivity index (χ2v) is 6.48. The van der Waals surface area contributed by atoms with Gasteiger partial charge in [0.25, 0.3) is 0 Å². The number of rotatable bonds is 1. The smallest absolute Gasteiger partial charge is 0.164 e. The van der Waals surface area contributed by atoms with Gasteiger partial charge in [-0.1, -0.05) is 34.8 Å². The highest BCUT2D eigenvalue weighted by molar-refractivity contribution is 7.20. The Balaban J connectivity index is 2.26. The lowest BCUT2D eigenvalue weighted by Crippen LogP contribution is -1.97. The quantitative estimate of drug-likeness (QED) is 0.717. The van der Waals surface area contributed by atoms with Crippen LogP contribution in [0.4, 0.5) is 5.82 Å². The minimum Gasteiger partial charge on any atom is -0.383 e. The summed E-state index contributed by atoms with van der Waals surface area (Å²) >= 11 is 13.4. The molecular formula is C13H9Cl2N3S. The highest BCUT2D eigenvalue weighted by Crippen LogP contribution is 2.37. The van der Waals surface area contributed by atoms with Crippen LogP contribution in [-0.2, 0) is 0 Å². The molecule has 0 aliphatic heterocycles. The largest absolute Gasteiger partial charge is 0.383 e. The molecule has 0 amide bonds. The molecule has 0 bridgehead atoms. The van der Waals surface area contributed by atoms with Crippen molar-refractivity contribution in [2.45, 2.75) is 6.92 Å². The van der Waals surface area contributed by atoms with E-state index < -0.39 is 0 Å². The zero-order valence-corrected chi connectivity index (χ0v) is 12.3. The third kappa shape index (κ3) is 2.27. The van der Waals surface area contributed by atoms with Crippen LogP contribution >= 0.6 is 34.5 Å². The fraction of sp³-hybridized carbons (Fsp3) is 0.0769. The first-order valence-electron chi connectivity index (χ1n) is 5.53. The monoisotopic (exact) mass is 309 g/mol. The molecule has 0 fully saturated rings. The lowest BCUT2D eigenvalue weighted by atomic mass is 10.1. The molecule has 0 spiro atoms. The van der Waals surface area contributed by atoms with Gasteiger partial charge >= 0.3 is 0 Å². The summed E-state index contributed by atoms with van der Waals surface area (Å²) in [5.41, 5.74) is 8.63. The first kappa shape index (κ1) is 12.7. The number of aryl methyl sites for hydroxylation is 1. The van der Waals surface area contributed by atoms with Crippen molar-refractivity contribution in [2.24, 2.45) is 0 Å². The SMILES string of the molecule is Cc1ccc2nc(-c3cc(Cl)sc3Cl)nc(N)c2c1. The molecule has 19 heavy (non-hydrogen) atoms. The number of benzene rings is 1. The zero-order valence-electron chi connectivity index (χ0n) is 9.95. The van der Waals surface area contributed by atoms with Gasteiger partial charge in [-0.2, -0.15) is 0 Å². The van der Waals surface area contributed by atoms with Crippen molar-refractivity contribution >= 4 is 51.3 Å². The van der Waals surface area contributed by atoms with E-state index in [1.165, 1.54) is 11.3 Å². The number of halogens is 2. The number of hydrogen-bond donors (Lipinski definition) is 1. The predicted molar refractivity (Wildman–Crippen MR) is 82.0 cm³/mol. The summed E-state index contributed by atoms with van der Waals surface area (Å²) in [6, 6.07) is 7.63. The second-order valence-electron chi connectivity index (χ2n) is 4.19. The summed E-state index contributed by atoms with van der Waals surface area (Å²) in [7, 11) is 0. The molecule has 2 heterocycles. The van der Waals surface area contributed by atoms with Gasteiger partial charge in [-0.3, -0.25) is 0 Å². The third-order valence-corrected chi connectivity index (χ3v) is 4.27. The minimum atomic E-state index is 0.446. The maximum Gasteiger partial charge on any atom is 0.164 e. The number of aromatic nitrogens is 2. The van der Waals surface area contributed by atoms with Crippen LogP contribution in [0.2, 0.25) is 8.67 Å². The van der Waals surface area contributed by atoms with Crippen molar-refractivity contribution < 1.29 is 0 Å². The van der Waals surface area contributed by atoms with Crippen molar-refractivity contribution in [3.8, 4) is 11.4 Å². The van der Waals surface area contributed by atoms with E-state index in [1.807, 2.05) is 25.1 Å². The lowest BCUT2D eigenvalue weighted by Gasteiger charge is -2.05. The molecule has 0 aliphatic carbocycles. The number of nitrogens with zero attached hydrogens (tertiary/aromatic N) is 2. The number of nitrogens with two attached hydrogens (primary N) is 1. The molecule has 96 valence electrons. The van der Waals surface area contributed by atoms with Gasteiger partial charge in [-0.05, 0) is 25.1 Å². The number of thiophene rings is 1. The summed E-state index contributed by atoms with van der Waals surface area (Å²) in [6.45, 7) is 2.00. The highest BCUT2D eigenvalue weighted by atomic mass is 35.5. The molecular weight excluding hydrogens is 301 g/mol. The van der Waals surface area contributed by atoms with Gasteiger partial charge in [0.05, 0.1) is 15.4 Å². The van der Waals surface area contributed by atoms with Gasteiger partial charge in [0.1, 0.15) is 10.2 Å². The standard InChI is InChI=1S/C13H9Cl2N3S/c1-6-2-3-9-7(4-6)12(16)18-13(17-9)8-5-10(14)19-11(8)15/h2-5H,1H3,(H2,16,17,18). The van der Waals surface area contributed by atoms with Gasteiger partial charge in [0, 0.05) is 5.39 Å². The molecule has 0 unspecified atom stereocenters. The van der Waals surface area contributed by atoms with Gasteiger partial charge in [0.2, 0.25) is 0 Å². The van der Waals surface area contributed by atoms with Crippen molar-refractivity contribution in [1.29, 1.82) is 0 Å². The van der Waals surface area contributed by atoms with E-state index in [1.54, 1.807) is 6.07 Å². The van der Waals surface area contributed by atoms with E-state index in [9.17, 15) is 0 Å². The molecule has 6 heteroatoms. The molecule has 3 aromatic rings. The summed E-state index contributed by atoms with van der Waals surface area (Å²) in [5, 5.41) is 0.848. The van der Waals surface area contributed by atoms with Crippen molar-refractivity contribution in [3.05, 3.63) is 38.5 Å². The van der Waals surface area contributed by atoms with Crippen molar-refractivity contribution in [3.63, 3.8) is 0 Å². The summed E-state index contributed by atoms with van der Waals surface area (Å²) < 4.78 is 1.17. The Labute approximate surface area is 124 Å². The Bertz CT molecular complexity index is 783. The molecule has 0 atom stereocenters. The molecule has 0 saturated carbocycles. The first-order valence-corrected chi connectivity index (χ1v) is 7.11. The summed E-state index contributed by atoms with van der Waals surface area (Å²) in [5.74, 6) is 0.948. The van der Waals surface area contributed by atoms with Crippen LogP contribution in [0.3, 0.4) is 0 Å². The first-order chi connectivity index (χ1) is 9.04. The second kappa shape index (κ2) is 4.63. The molecule has 2 aromatic heterocycles. The van der Waals surface area contributed by atoms with Gasteiger partial charge in [-0.25, -0.2) is 9.97 Å². The van der Waals surface area contributed by atoms with E-state index >= 15 is 0 Å². The normalized spacial score (nSPS) is 11.1. The highest BCUT2D eigenvalue weighted by Gasteiger charge is 2.13. The molecule has 0 radical (unpaired) electrons. The van der Waals surface area contributed by atoms with Crippen LogP contribution in [0.5, 0.6) is 0 Å². The average molecular weight is 310 g/mol. The lowest BCUT2D eigenvalue weighted by molar-refractivity contribution is 1.24. The van der Waals surface area contributed by atoms with Crippen molar-refractivity contribution in [1.82, 2.24) is 9.97 Å². The van der Waals surface area contributed by atoms with Crippen molar-refractivity contribution in [2.75, 3.05) is 5.73 Å². The van der Waals surface area contributed by atoms with E-state index in [0.29, 0.717) is 25.9 Å². The van der Waals surface area contributed by atoms with Gasteiger partial charge < -0.3 is 5.73 Å². The number of hydrogen-bond acceptors (Lipinski definition) is 4. The maximum absolute atomic E-state index is 6.12. The minimum absolute atomic E-state index is 0.446. The zero-order chi connectivity index (χ0) is 13.6. The number of nitrogen functional groups attached to an aromatic ring is 1. The van der Waals surface area contributed by atoms with E-state index in [-0.39, 0.29) is 0 Å². The third-order valence-electron chi connectivity index (χ3n) is 2.78. The molecule has 1 aromatic carbocycles. The van der Waals surface area contributed by atoms with Crippen LogP contribution < -0.4 is 5.73 Å². The molecule has 3 rings (SSSR count). The Morgan fingerprint density at radius 1 is 1.16 bits per heavy atom. The van der Waals surface area contributed by atoms with Crippen LogP contribution in [0, 0.1) is 6.92 Å². The molecule has 0 saturated heterocycles. The molecule has 0 aliphatic rings. The van der Waals surface area contributed by atoms with E-state index in [2.05, 4.69) is 9.97 Å². The Morgan fingerprint density at radius 3 is 2.63 bits per heavy atom. The fourth-order valence-corrected chi connectivity index (χ4v) is 3.33. The van der Waals surface area contributed by atoms with Crippen LogP contribution in [0.15, 0.2) is 24.3 Å². The molecule has 3 nitrogen and oxygen atoms in total. The van der Waals surface area contributed by atoms with Crippen LogP contribution in [0.1, 0.15) is 5.56 Å². The number of fused-ring (bicyclic) bond motifs is 1. The van der Waals surface area contributed by atoms with Crippen LogP contribution in [-0.4, -0.2) is 9.97 Å². The van der Waals surface area contributed by atoms with Gasteiger partial charge in [0.15, 0.2) is 5.82 Å². The molecule has 2 N–H and O–H groups in total. The van der Waals surface area contributed by atoms with Gasteiger partial charge in [-0.15, -0.1) is 11.3 Å². The maximum atomic E-state index is 6.12. The number of anilines is 1. The Hall–Kier alpha value is -1.36. The summed E-state index contributed by atoms with van der Waals surface area (Å²) in [4.78, 5) is 8.81. The fourth-order valence-electron chi connectivity index (χ4n) is 1.88. The van der Waals surface area contributed by atoms with E-state index in [0.717, 1.165) is 16.5 Å². The Morgan fingerprint density at radius 2 is 1.95 bits per heavy atom. The Kier molecular flexibility index (Phi) is 3.09. The van der Waals surface area contributed by atoms with E-state index in [4.69, 9.17) is 28.9 Å². The predicted octanol–water partition coefficient (Wildman–Crippen LogP) is 4.56. The van der Waals surface area contributed by atoms with Crippen LogP contribution in [0.25, 0.3) is 22.3 Å².